The van der Waals surface area contributed by atoms with Gasteiger partial charge in [0.2, 0.25) is 21.9 Å². The molecule has 0 aliphatic rings. The van der Waals surface area contributed by atoms with E-state index in [0.717, 1.165) is 18.8 Å². The first-order valence-corrected chi connectivity index (χ1v) is 6.78. The molecule has 0 aromatic carbocycles. The van der Waals surface area contributed by atoms with Crippen LogP contribution in [0, 0.1) is 0 Å². The number of sulfonamides is 1. The monoisotopic (exact) mass is 273 g/mol. The standard InChI is InChI=1S/C9H15N5O3S/c1-2-3-11-9-12-4-7(5-13-9)18(16,17)14-6-8(10)15/h4-5,14H,2-3,6H2,1H3,(H2,10,15)(H,11,12,13). The Labute approximate surface area is 105 Å². The van der Waals surface area contributed by atoms with Crippen molar-refractivity contribution in [3.8, 4) is 0 Å². The van der Waals surface area contributed by atoms with Crippen LogP contribution in [0.1, 0.15) is 13.3 Å². The zero-order valence-electron chi connectivity index (χ0n) is 9.88. The third kappa shape index (κ3) is 4.26. The molecule has 0 fully saturated rings. The van der Waals surface area contributed by atoms with Crippen LogP contribution in [0.4, 0.5) is 5.95 Å². The van der Waals surface area contributed by atoms with Gasteiger partial charge >= 0.3 is 0 Å². The lowest BCUT2D eigenvalue weighted by Crippen LogP contribution is -2.33. The number of aromatic nitrogens is 2. The molecular weight excluding hydrogens is 258 g/mol. The van der Waals surface area contributed by atoms with Crippen LogP contribution >= 0.6 is 0 Å². The molecule has 0 spiro atoms. The molecule has 0 bridgehead atoms. The molecule has 9 heteroatoms. The highest BCUT2D eigenvalue weighted by atomic mass is 32.2. The van der Waals surface area contributed by atoms with Crippen LogP contribution in [0.3, 0.4) is 0 Å². The molecule has 8 nitrogen and oxygen atoms in total. The number of hydrogen-bond donors (Lipinski definition) is 3. The number of carbonyl (C=O) groups is 1. The minimum Gasteiger partial charge on any atom is -0.369 e. The first-order chi connectivity index (χ1) is 8.45. The molecule has 100 valence electrons. The Hall–Kier alpha value is -1.74. The molecule has 0 atom stereocenters. The largest absolute Gasteiger partial charge is 0.369 e. The minimum atomic E-state index is -3.80. The lowest BCUT2D eigenvalue weighted by atomic mass is 10.5. The topological polar surface area (TPSA) is 127 Å². The number of amides is 1. The van der Waals surface area contributed by atoms with E-state index in [0.29, 0.717) is 12.5 Å². The van der Waals surface area contributed by atoms with E-state index in [9.17, 15) is 13.2 Å². The van der Waals surface area contributed by atoms with Crippen molar-refractivity contribution >= 4 is 21.9 Å². The fourth-order valence-corrected chi connectivity index (χ4v) is 1.91. The van der Waals surface area contributed by atoms with Crippen LogP contribution < -0.4 is 15.8 Å². The molecule has 0 radical (unpaired) electrons. The van der Waals surface area contributed by atoms with Gasteiger partial charge in [-0.25, -0.2) is 23.1 Å². The Morgan fingerprint density at radius 2 is 2.00 bits per heavy atom. The molecule has 1 aromatic rings. The molecule has 1 aromatic heterocycles. The molecule has 4 N–H and O–H groups in total. The SMILES string of the molecule is CCCNc1ncc(S(=O)(=O)NCC(N)=O)cn1. The van der Waals surface area contributed by atoms with E-state index >= 15 is 0 Å². The van der Waals surface area contributed by atoms with Gasteiger partial charge in [-0.1, -0.05) is 6.92 Å². The molecule has 0 aliphatic carbocycles. The summed E-state index contributed by atoms with van der Waals surface area (Å²) in [5.74, 6) is -0.411. The molecule has 0 unspecified atom stereocenters. The van der Waals surface area contributed by atoms with E-state index < -0.39 is 22.5 Å². The predicted octanol–water partition coefficient (Wildman–Crippen LogP) is -0.938. The Morgan fingerprint density at radius 3 is 2.50 bits per heavy atom. The number of nitrogens with zero attached hydrogens (tertiary/aromatic N) is 2. The Balaban J connectivity index is 2.74. The number of nitrogens with two attached hydrogens (primary N) is 1. The van der Waals surface area contributed by atoms with Crippen molar-refractivity contribution in [3.05, 3.63) is 12.4 Å². The summed E-state index contributed by atoms with van der Waals surface area (Å²) in [6, 6.07) is 0. The van der Waals surface area contributed by atoms with E-state index in [-0.39, 0.29) is 4.90 Å². The van der Waals surface area contributed by atoms with E-state index in [2.05, 4.69) is 15.3 Å². The summed E-state index contributed by atoms with van der Waals surface area (Å²) in [6.07, 6.45) is 3.23. The molecule has 18 heavy (non-hydrogen) atoms. The van der Waals surface area contributed by atoms with Crippen LogP contribution in [0.2, 0.25) is 0 Å². The Morgan fingerprint density at radius 1 is 1.39 bits per heavy atom. The molecule has 1 rings (SSSR count). The fourth-order valence-electron chi connectivity index (χ4n) is 1.03. The Bertz CT molecular complexity index is 499. The summed E-state index contributed by atoms with van der Waals surface area (Å²) < 4.78 is 25.3. The predicted molar refractivity (Wildman–Crippen MR) is 65.2 cm³/mol. The van der Waals surface area contributed by atoms with Crippen molar-refractivity contribution in [2.75, 3.05) is 18.4 Å². The van der Waals surface area contributed by atoms with Crippen molar-refractivity contribution in [1.82, 2.24) is 14.7 Å². The highest BCUT2D eigenvalue weighted by Crippen LogP contribution is 2.06. The number of nitrogens with one attached hydrogen (secondary N) is 2. The van der Waals surface area contributed by atoms with E-state index in [1.807, 2.05) is 11.6 Å². The van der Waals surface area contributed by atoms with Gasteiger partial charge in [-0.3, -0.25) is 4.79 Å². The molecule has 0 aliphatic heterocycles. The van der Waals surface area contributed by atoms with Crippen LogP contribution in [-0.2, 0) is 14.8 Å². The van der Waals surface area contributed by atoms with Crippen LogP contribution in [-0.4, -0.2) is 37.4 Å². The van der Waals surface area contributed by atoms with Gasteiger partial charge in [-0.2, -0.15) is 0 Å². The minimum absolute atomic E-state index is 0.120. The fraction of sp³-hybridized carbons (Fsp3) is 0.444. The van der Waals surface area contributed by atoms with Crippen LogP contribution in [0.25, 0.3) is 0 Å². The number of primary amides is 1. The molecular formula is C9H15N5O3S. The third-order valence-corrected chi connectivity index (χ3v) is 3.26. The normalized spacial score (nSPS) is 11.2. The number of hydrogen-bond acceptors (Lipinski definition) is 6. The number of carbonyl (C=O) groups excluding carboxylic acids is 1. The second kappa shape index (κ2) is 6.26. The number of anilines is 1. The van der Waals surface area contributed by atoms with Crippen LogP contribution in [0.5, 0.6) is 0 Å². The van der Waals surface area contributed by atoms with E-state index in [1.54, 1.807) is 0 Å². The highest BCUT2D eigenvalue weighted by molar-refractivity contribution is 7.89. The summed E-state index contributed by atoms with van der Waals surface area (Å²) >= 11 is 0. The summed E-state index contributed by atoms with van der Waals surface area (Å²) in [5, 5.41) is 2.91. The summed E-state index contributed by atoms with van der Waals surface area (Å²) in [4.78, 5) is 18.1. The van der Waals surface area contributed by atoms with Gasteiger partial charge in [0.15, 0.2) is 0 Å². The lowest BCUT2D eigenvalue weighted by Gasteiger charge is -2.05. The van der Waals surface area contributed by atoms with Gasteiger partial charge in [0.05, 0.1) is 18.9 Å². The summed E-state index contributed by atoms with van der Waals surface area (Å²) in [5.41, 5.74) is 4.85. The highest BCUT2D eigenvalue weighted by Gasteiger charge is 2.15. The van der Waals surface area contributed by atoms with Gasteiger partial charge in [-0.15, -0.1) is 0 Å². The quantitative estimate of drug-likeness (QED) is 0.588. The van der Waals surface area contributed by atoms with Crippen molar-refractivity contribution in [3.63, 3.8) is 0 Å². The lowest BCUT2D eigenvalue weighted by molar-refractivity contribution is -0.116. The van der Waals surface area contributed by atoms with Gasteiger partial charge in [0, 0.05) is 6.54 Å². The molecule has 0 saturated carbocycles. The second-order valence-corrected chi connectivity index (χ2v) is 5.23. The maximum absolute atomic E-state index is 11.6. The van der Waals surface area contributed by atoms with Crippen LogP contribution in [0.15, 0.2) is 17.3 Å². The third-order valence-electron chi connectivity index (χ3n) is 1.91. The molecule has 1 heterocycles. The van der Waals surface area contributed by atoms with Gasteiger partial charge in [0.1, 0.15) is 4.90 Å². The zero-order chi connectivity index (χ0) is 13.6. The van der Waals surface area contributed by atoms with Crippen molar-refractivity contribution < 1.29 is 13.2 Å². The second-order valence-electron chi connectivity index (χ2n) is 3.46. The van der Waals surface area contributed by atoms with Gasteiger partial charge in [0.25, 0.3) is 0 Å². The smallest absolute Gasteiger partial charge is 0.244 e. The maximum Gasteiger partial charge on any atom is 0.244 e. The molecule has 1 amide bonds. The summed E-state index contributed by atoms with van der Waals surface area (Å²) in [6.45, 7) is 2.23. The Kier molecular flexibility index (Phi) is 4.98. The number of rotatable bonds is 7. The van der Waals surface area contributed by atoms with Gasteiger partial charge < -0.3 is 11.1 Å². The van der Waals surface area contributed by atoms with Gasteiger partial charge in [-0.05, 0) is 6.42 Å². The van der Waals surface area contributed by atoms with Crippen molar-refractivity contribution in [2.24, 2.45) is 5.73 Å². The van der Waals surface area contributed by atoms with Crippen molar-refractivity contribution in [2.45, 2.75) is 18.2 Å². The molecule has 0 saturated heterocycles. The first kappa shape index (κ1) is 14.3. The average molecular weight is 273 g/mol. The van der Waals surface area contributed by atoms with E-state index in [1.165, 1.54) is 0 Å². The van der Waals surface area contributed by atoms with Crippen molar-refractivity contribution in [1.29, 1.82) is 0 Å². The maximum atomic E-state index is 11.6. The first-order valence-electron chi connectivity index (χ1n) is 5.29. The van der Waals surface area contributed by atoms with E-state index in [4.69, 9.17) is 5.73 Å². The zero-order valence-corrected chi connectivity index (χ0v) is 10.7. The average Bonchev–Trinajstić information content (AvgIpc) is 2.34. The summed E-state index contributed by atoms with van der Waals surface area (Å²) in [7, 11) is -3.80.